The van der Waals surface area contributed by atoms with E-state index in [2.05, 4.69) is 95.3 Å². The highest BCUT2D eigenvalue weighted by Gasteiger charge is 2.50. The third-order valence-electron chi connectivity index (χ3n) is 4.56. The predicted octanol–water partition coefficient (Wildman–Crippen LogP) is 4.38. The predicted molar refractivity (Wildman–Crippen MR) is 109 cm³/mol. The molecule has 0 radical (unpaired) electrons. The second-order valence-electron chi connectivity index (χ2n) is 7.66. The monoisotopic (exact) mass is 356 g/mol. The lowest BCUT2D eigenvalue weighted by Crippen LogP contribution is -2.67. The standard InChI is InChI=1S/C22H32O2Si/c1-6-17-23-19(2)18-24-25(22(3,4)5,20-13-9-7-10-14-20)21-15-11-8-12-16-21/h7-16,19H,6,17-18H2,1-5H3. The zero-order chi connectivity index (χ0) is 18.3. The Hall–Kier alpha value is -1.42. The Morgan fingerprint density at radius 3 is 1.76 bits per heavy atom. The third-order valence-corrected chi connectivity index (χ3v) is 9.56. The Morgan fingerprint density at radius 2 is 1.36 bits per heavy atom. The van der Waals surface area contributed by atoms with Crippen molar-refractivity contribution in [3.63, 3.8) is 0 Å². The molecule has 0 spiro atoms. The van der Waals surface area contributed by atoms with Crippen molar-refractivity contribution in [1.82, 2.24) is 0 Å². The van der Waals surface area contributed by atoms with Crippen molar-refractivity contribution in [2.45, 2.75) is 52.2 Å². The third kappa shape index (κ3) is 4.60. The molecule has 0 saturated heterocycles. The van der Waals surface area contributed by atoms with Crippen LogP contribution in [0.1, 0.15) is 41.0 Å². The largest absolute Gasteiger partial charge is 0.405 e. The topological polar surface area (TPSA) is 18.5 Å². The van der Waals surface area contributed by atoms with Gasteiger partial charge in [-0.25, -0.2) is 0 Å². The highest BCUT2D eigenvalue weighted by Crippen LogP contribution is 2.36. The van der Waals surface area contributed by atoms with Crippen LogP contribution in [-0.2, 0) is 9.16 Å². The van der Waals surface area contributed by atoms with Gasteiger partial charge in [-0.1, -0.05) is 88.4 Å². The number of rotatable bonds is 8. The van der Waals surface area contributed by atoms with Gasteiger partial charge in [0.1, 0.15) is 0 Å². The molecule has 2 nitrogen and oxygen atoms in total. The van der Waals surface area contributed by atoms with Crippen LogP contribution in [0.2, 0.25) is 5.04 Å². The molecule has 0 fully saturated rings. The van der Waals surface area contributed by atoms with E-state index in [9.17, 15) is 0 Å². The number of hydrogen-bond donors (Lipinski definition) is 0. The molecule has 0 saturated carbocycles. The quantitative estimate of drug-likeness (QED) is 0.654. The van der Waals surface area contributed by atoms with Crippen LogP contribution in [0.4, 0.5) is 0 Å². The fourth-order valence-corrected chi connectivity index (χ4v) is 8.01. The van der Waals surface area contributed by atoms with Gasteiger partial charge in [-0.15, -0.1) is 0 Å². The normalized spacial score (nSPS) is 13.6. The lowest BCUT2D eigenvalue weighted by molar-refractivity contribution is 0.0300. The minimum Gasteiger partial charge on any atom is -0.405 e. The molecule has 3 heteroatoms. The van der Waals surface area contributed by atoms with Crippen LogP contribution in [0.5, 0.6) is 0 Å². The van der Waals surface area contributed by atoms with Gasteiger partial charge in [0.15, 0.2) is 0 Å². The molecule has 0 aliphatic rings. The van der Waals surface area contributed by atoms with Gasteiger partial charge < -0.3 is 9.16 Å². The average Bonchev–Trinajstić information content (AvgIpc) is 2.61. The van der Waals surface area contributed by atoms with E-state index in [1.54, 1.807) is 0 Å². The van der Waals surface area contributed by atoms with Crippen LogP contribution in [0.3, 0.4) is 0 Å². The van der Waals surface area contributed by atoms with Crippen molar-refractivity contribution in [3.05, 3.63) is 60.7 Å². The van der Waals surface area contributed by atoms with Crippen LogP contribution in [0.15, 0.2) is 60.7 Å². The SMILES string of the molecule is CCCOC(C)CO[Si](c1ccccc1)(c1ccccc1)C(C)(C)C. The Labute approximate surface area is 154 Å². The second-order valence-corrected chi connectivity index (χ2v) is 12.0. The summed E-state index contributed by atoms with van der Waals surface area (Å²) in [6.45, 7) is 12.5. The Kier molecular flexibility index (Phi) is 7.00. The van der Waals surface area contributed by atoms with Crippen LogP contribution >= 0.6 is 0 Å². The number of benzene rings is 2. The zero-order valence-electron chi connectivity index (χ0n) is 16.3. The van der Waals surface area contributed by atoms with E-state index in [-0.39, 0.29) is 11.1 Å². The van der Waals surface area contributed by atoms with E-state index < -0.39 is 8.32 Å². The molecule has 0 heterocycles. The molecular weight excluding hydrogens is 324 g/mol. The molecule has 0 aliphatic carbocycles. The number of hydrogen-bond acceptors (Lipinski definition) is 2. The summed E-state index contributed by atoms with van der Waals surface area (Å²) in [5.41, 5.74) is 0. The maximum atomic E-state index is 6.84. The van der Waals surface area contributed by atoms with Crippen LogP contribution in [0.25, 0.3) is 0 Å². The van der Waals surface area contributed by atoms with Crippen molar-refractivity contribution in [2.24, 2.45) is 0 Å². The lowest BCUT2D eigenvalue weighted by atomic mass is 10.2. The van der Waals surface area contributed by atoms with E-state index in [0.29, 0.717) is 6.61 Å². The van der Waals surface area contributed by atoms with Crippen LogP contribution in [-0.4, -0.2) is 27.6 Å². The summed E-state index contributed by atoms with van der Waals surface area (Å²) in [6.07, 6.45) is 1.13. The van der Waals surface area contributed by atoms with Crippen molar-refractivity contribution in [3.8, 4) is 0 Å². The first kappa shape index (κ1) is 19.9. The molecule has 0 N–H and O–H groups in total. The van der Waals surface area contributed by atoms with Crippen molar-refractivity contribution < 1.29 is 9.16 Å². The summed E-state index contributed by atoms with van der Waals surface area (Å²) in [6, 6.07) is 21.5. The second kappa shape index (κ2) is 8.79. The number of ether oxygens (including phenoxy) is 1. The molecule has 136 valence electrons. The lowest BCUT2D eigenvalue weighted by Gasteiger charge is -2.43. The molecule has 0 aliphatic heterocycles. The Morgan fingerprint density at radius 1 is 0.880 bits per heavy atom. The van der Waals surface area contributed by atoms with Gasteiger partial charge in [0.25, 0.3) is 8.32 Å². The molecule has 2 rings (SSSR count). The van der Waals surface area contributed by atoms with Crippen molar-refractivity contribution >= 4 is 18.7 Å². The van der Waals surface area contributed by atoms with E-state index in [4.69, 9.17) is 9.16 Å². The molecule has 0 bridgehead atoms. The fraction of sp³-hybridized carbons (Fsp3) is 0.455. The Bertz CT molecular complexity index is 580. The van der Waals surface area contributed by atoms with E-state index in [1.165, 1.54) is 10.4 Å². The first-order valence-electron chi connectivity index (χ1n) is 9.28. The minimum absolute atomic E-state index is 0.0141. The molecular formula is C22H32O2Si. The molecule has 0 amide bonds. The smallest absolute Gasteiger partial charge is 0.261 e. The van der Waals surface area contributed by atoms with E-state index >= 15 is 0 Å². The van der Waals surface area contributed by atoms with Crippen LogP contribution < -0.4 is 10.4 Å². The maximum absolute atomic E-state index is 6.84. The summed E-state index contributed by atoms with van der Waals surface area (Å²) in [5.74, 6) is 0. The van der Waals surface area contributed by atoms with E-state index in [0.717, 1.165) is 13.0 Å². The van der Waals surface area contributed by atoms with Gasteiger partial charge in [0.05, 0.1) is 12.7 Å². The van der Waals surface area contributed by atoms with Crippen molar-refractivity contribution in [2.75, 3.05) is 13.2 Å². The Balaban J connectivity index is 2.46. The molecule has 1 unspecified atom stereocenters. The van der Waals surface area contributed by atoms with Crippen molar-refractivity contribution in [1.29, 1.82) is 0 Å². The molecule has 2 aromatic rings. The first-order chi connectivity index (χ1) is 11.9. The minimum atomic E-state index is -2.43. The van der Waals surface area contributed by atoms with Gasteiger partial charge >= 0.3 is 0 Å². The highest BCUT2D eigenvalue weighted by atomic mass is 28.4. The summed E-state index contributed by atoms with van der Waals surface area (Å²) in [7, 11) is -2.43. The zero-order valence-corrected chi connectivity index (χ0v) is 17.3. The van der Waals surface area contributed by atoms with Gasteiger partial charge in [-0.05, 0) is 28.8 Å². The summed E-state index contributed by atoms with van der Waals surface area (Å²) in [4.78, 5) is 0. The summed E-state index contributed by atoms with van der Waals surface area (Å²) < 4.78 is 12.7. The molecule has 2 aromatic carbocycles. The fourth-order valence-electron chi connectivity index (χ4n) is 3.37. The van der Waals surface area contributed by atoms with E-state index in [1.807, 2.05) is 0 Å². The van der Waals surface area contributed by atoms with Gasteiger partial charge in [0.2, 0.25) is 0 Å². The highest BCUT2D eigenvalue weighted by molar-refractivity contribution is 6.99. The summed E-state index contributed by atoms with van der Waals surface area (Å²) in [5, 5.41) is 2.65. The maximum Gasteiger partial charge on any atom is 0.261 e. The van der Waals surface area contributed by atoms with Gasteiger partial charge in [0, 0.05) is 6.61 Å². The first-order valence-corrected chi connectivity index (χ1v) is 11.2. The molecule has 1 atom stereocenters. The summed E-state index contributed by atoms with van der Waals surface area (Å²) >= 11 is 0. The van der Waals surface area contributed by atoms with Crippen LogP contribution in [0, 0.1) is 0 Å². The molecule has 25 heavy (non-hydrogen) atoms. The van der Waals surface area contributed by atoms with Gasteiger partial charge in [-0.3, -0.25) is 0 Å². The van der Waals surface area contributed by atoms with Gasteiger partial charge in [-0.2, -0.15) is 0 Å². The average molecular weight is 357 g/mol. The molecule has 0 aromatic heterocycles.